The highest BCUT2D eigenvalue weighted by Crippen LogP contribution is 2.40. The zero-order valence-electron chi connectivity index (χ0n) is 14.7. The quantitative estimate of drug-likeness (QED) is 0.678. The van der Waals surface area contributed by atoms with Crippen molar-refractivity contribution < 1.29 is 9.90 Å². The second-order valence-corrected chi connectivity index (χ2v) is 7.47. The minimum Gasteiger partial charge on any atom is -0.511 e. The molecule has 2 bridgehead atoms. The van der Waals surface area contributed by atoms with Crippen LogP contribution in [0.3, 0.4) is 0 Å². The molecule has 132 valence electrons. The predicted octanol–water partition coefficient (Wildman–Crippen LogP) is 6.00. The minimum absolute atomic E-state index is 0.0432. The number of hydrogen-bond acceptors (Lipinski definition) is 2. The molecule has 2 nitrogen and oxygen atoms in total. The highest BCUT2D eigenvalue weighted by Gasteiger charge is 2.35. The lowest BCUT2D eigenvalue weighted by Gasteiger charge is -2.16. The van der Waals surface area contributed by atoms with Gasteiger partial charge in [0.15, 0.2) is 5.78 Å². The number of aliphatic hydroxyl groups is 1. The number of benzene rings is 2. The smallest absolute Gasteiger partial charge is 0.173 e. The molecule has 26 heavy (non-hydrogen) atoms. The maximum absolute atomic E-state index is 13.1. The second-order valence-electron chi connectivity index (χ2n) is 7.03. The van der Waals surface area contributed by atoms with E-state index >= 15 is 0 Å². The molecule has 0 aliphatic heterocycles. The van der Waals surface area contributed by atoms with Crippen molar-refractivity contribution in [2.45, 2.75) is 26.2 Å². The monoisotopic (exact) mass is 364 g/mol. The molecule has 0 spiro atoms. The Kier molecular flexibility index (Phi) is 4.46. The Morgan fingerprint density at radius 2 is 1.65 bits per heavy atom. The Morgan fingerprint density at radius 1 is 1.00 bits per heavy atom. The van der Waals surface area contributed by atoms with Crippen molar-refractivity contribution in [2.75, 3.05) is 0 Å². The number of ketones is 1. The first-order valence-electron chi connectivity index (χ1n) is 9.13. The van der Waals surface area contributed by atoms with E-state index < -0.39 is 0 Å². The molecule has 0 saturated carbocycles. The molecule has 0 radical (unpaired) electrons. The van der Waals surface area contributed by atoms with Gasteiger partial charge in [0, 0.05) is 16.9 Å². The third-order valence-electron chi connectivity index (χ3n) is 5.49. The fourth-order valence-corrected chi connectivity index (χ4v) is 4.10. The highest BCUT2D eigenvalue weighted by molar-refractivity contribution is 6.30. The molecule has 0 unspecified atom stereocenters. The van der Waals surface area contributed by atoms with Gasteiger partial charge in [0.2, 0.25) is 0 Å². The fraction of sp³-hybridized carbons (Fsp3) is 0.261. The average molecular weight is 365 g/mol. The molecule has 0 aromatic heterocycles. The number of fused-ring (bicyclic) bond motifs is 2. The minimum atomic E-state index is -0.116. The van der Waals surface area contributed by atoms with Crippen LogP contribution in [0.1, 0.15) is 30.9 Å². The second kappa shape index (κ2) is 6.77. The van der Waals surface area contributed by atoms with Gasteiger partial charge in [-0.3, -0.25) is 4.79 Å². The number of hydrogen-bond donors (Lipinski definition) is 1. The van der Waals surface area contributed by atoms with E-state index in [2.05, 4.69) is 19.1 Å². The number of rotatable bonds is 3. The van der Waals surface area contributed by atoms with Crippen LogP contribution in [-0.2, 0) is 11.2 Å². The van der Waals surface area contributed by atoms with Crippen molar-refractivity contribution in [1.29, 1.82) is 0 Å². The van der Waals surface area contributed by atoms with Gasteiger partial charge in [-0.1, -0.05) is 54.9 Å². The maximum Gasteiger partial charge on any atom is 0.173 e. The van der Waals surface area contributed by atoms with E-state index in [-0.39, 0.29) is 23.4 Å². The lowest BCUT2D eigenvalue weighted by atomic mass is 9.87. The number of aliphatic hydroxyl groups excluding tert-OH is 1. The summed E-state index contributed by atoms with van der Waals surface area (Å²) in [6.45, 7) is 2.08. The summed E-state index contributed by atoms with van der Waals surface area (Å²) in [5, 5.41) is 11.6. The van der Waals surface area contributed by atoms with Gasteiger partial charge in [-0.05, 0) is 59.7 Å². The number of halogens is 1. The molecular weight excluding hydrogens is 344 g/mol. The zero-order valence-corrected chi connectivity index (χ0v) is 15.5. The molecule has 5 rings (SSSR count). The van der Waals surface area contributed by atoms with E-state index in [0.717, 1.165) is 41.5 Å². The normalized spacial score (nSPS) is 22.0. The lowest BCUT2D eigenvalue weighted by Crippen LogP contribution is -2.14. The lowest BCUT2D eigenvalue weighted by molar-refractivity contribution is -0.116. The number of allylic oxidation sites excluding steroid dienone is 3. The van der Waals surface area contributed by atoms with Gasteiger partial charge in [0.05, 0.1) is 5.57 Å². The molecular formula is C23H21ClO2. The van der Waals surface area contributed by atoms with Crippen molar-refractivity contribution in [2.24, 2.45) is 11.8 Å². The fourth-order valence-electron chi connectivity index (χ4n) is 3.97. The molecule has 0 saturated heterocycles. The number of aryl methyl sites for hydroxylation is 1. The van der Waals surface area contributed by atoms with Gasteiger partial charge in [0.1, 0.15) is 5.76 Å². The predicted molar refractivity (Wildman–Crippen MR) is 106 cm³/mol. The summed E-state index contributed by atoms with van der Waals surface area (Å²) in [6, 6.07) is 13.8. The van der Waals surface area contributed by atoms with E-state index in [9.17, 15) is 9.90 Å². The van der Waals surface area contributed by atoms with Gasteiger partial charge < -0.3 is 5.11 Å². The maximum atomic E-state index is 13.1. The summed E-state index contributed by atoms with van der Waals surface area (Å²) < 4.78 is 0. The SMILES string of the molecule is CCc1ccc(-c2ccc(Cl)cc2)cc1C1=C(O)[C@@H]2C=C[C@@H](CC2)C1=O. The van der Waals surface area contributed by atoms with Crippen molar-refractivity contribution in [1.82, 2.24) is 0 Å². The summed E-state index contributed by atoms with van der Waals surface area (Å²) >= 11 is 6.00. The van der Waals surface area contributed by atoms with Crippen molar-refractivity contribution in [3.8, 4) is 11.1 Å². The van der Waals surface area contributed by atoms with Gasteiger partial charge in [-0.2, -0.15) is 0 Å². The Balaban J connectivity index is 1.87. The van der Waals surface area contributed by atoms with Crippen LogP contribution in [0.25, 0.3) is 16.7 Å². The van der Waals surface area contributed by atoms with Crippen LogP contribution in [0.15, 0.2) is 60.4 Å². The third kappa shape index (κ3) is 2.89. The number of carbonyl (C=O) groups excluding carboxylic acids is 1. The van der Waals surface area contributed by atoms with Crippen molar-refractivity contribution >= 4 is 23.0 Å². The molecule has 2 aromatic rings. The van der Waals surface area contributed by atoms with E-state index in [1.54, 1.807) is 0 Å². The van der Waals surface area contributed by atoms with Gasteiger partial charge in [0.25, 0.3) is 0 Å². The van der Waals surface area contributed by atoms with E-state index in [1.807, 2.05) is 42.5 Å². The topological polar surface area (TPSA) is 37.3 Å². The van der Waals surface area contributed by atoms with Crippen LogP contribution in [0.2, 0.25) is 5.02 Å². The van der Waals surface area contributed by atoms with Crippen LogP contribution in [-0.4, -0.2) is 10.9 Å². The first kappa shape index (κ1) is 17.1. The van der Waals surface area contributed by atoms with Crippen LogP contribution >= 0.6 is 11.6 Å². The molecule has 2 atom stereocenters. The van der Waals surface area contributed by atoms with Gasteiger partial charge in [-0.15, -0.1) is 0 Å². The zero-order chi connectivity index (χ0) is 18.3. The van der Waals surface area contributed by atoms with E-state index in [1.165, 1.54) is 0 Å². The molecule has 0 amide bonds. The van der Waals surface area contributed by atoms with Crippen molar-refractivity contribution in [3.05, 3.63) is 76.5 Å². The standard InChI is InChI=1S/C23H21ClO2/c1-2-14-3-8-18(15-9-11-19(24)12-10-15)13-20(14)21-22(25)16-4-5-17(7-6-16)23(21)26/h3-5,8-13,16-17,25H,2,6-7H2,1H3/t16-,17+/m1/s1. The molecule has 0 heterocycles. The van der Waals surface area contributed by atoms with Gasteiger partial charge >= 0.3 is 0 Å². The Hall–Kier alpha value is -2.32. The molecule has 0 fully saturated rings. The molecule has 3 aliphatic rings. The Labute approximate surface area is 158 Å². The first-order valence-corrected chi connectivity index (χ1v) is 9.51. The van der Waals surface area contributed by atoms with Crippen LogP contribution in [0, 0.1) is 11.8 Å². The Bertz CT molecular complexity index is 922. The summed E-state index contributed by atoms with van der Waals surface area (Å²) in [5.41, 5.74) is 4.52. The highest BCUT2D eigenvalue weighted by atomic mass is 35.5. The summed E-state index contributed by atoms with van der Waals surface area (Å²) in [6.07, 6.45) is 6.41. The molecule has 2 aromatic carbocycles. The summed E-state index contributed by atoms with van der Waals surface area (Å²) in [5.74, 6) is 0.113. The number of Topliss-reactive ketones (excluding diaryl/α,β-unsaturated/α-hetero) is 1. The summed E-state index contributed by atoms with van der Waals surface area (Å²) in [7, 11) is 0. The van der Waals surface area contributed by atoms with Gasteiger partial charge in [-0.25, -0.2) is 0 Å². The van der Waals surface area contributed by atoms with E-state index in [0.29, 0.717) is 10.6 Å². The van der Waals surface area contributed by atoms with Crippen LogP contribution < -0.4 is 0 Å². The van der Waals surface area contributed by atoms with Crippen LogP contribution in [0.4, 0.5) is 0 Å². The average Bonchev–Trinajstić information content (AvgIpc) is 2.86. The molecule has 1 N–H and O–H groups in total. The molecule has 3 heteroatoms. The Morgan fingerprint density at radius 3 is 2.31 bits per heavy atom. The number of carbonyl (C=O) groups is 1. The third-order valence-corrected chi connectivity index (χ3v) is 5.74. The van der Waals surface area contributed by atoms with Crippen LogP contribution in [0.5, 0.6) is 0 Å². The summed E-state index contributed by atoms with van der Waals surface area (Å²) in [4.78, 5) is 13.1. The first-order chi connectivity index (χ1) is 12.6. The van der Waals surface area contributed by atoms with E-state index in [4.69, 9.17) is 11.6 Å². The molecule has 3 aliphatic carbocycles. The largest absolute Gasteiger partial charge is 0.511 e. The van der Waals surface area contributed by atoms with Crippen molar-refractivity contribution in [3.63, 3.8) is 0 Å².